The Morgan fingerprint density at radius 1 is 0.381 bits per heavy atom. The van der Waals surface area contributed by atoms with Crippen LogP contribution in [0.3, 0.4) is 0 Å². The standard InChI is InChI=1S/C41H26O/c1-2-14-29(15-3-1)41(36-22-9-5-17-31(36)32-18-6-10-23-37(32)41)35-21-8-4-16-30(35)28-25-27-13-12-20-34-33-19-7-11-24-38(33)42-39(26-28)40(27)34/h1-26H. The summed E-state index contributed by atoms with van der Waals surface area (Å²) in [5, 5.41) is 2.36. The van der Waals surface area contributed by atoms with Crippen molar-refractivity contribution in [3.8, 4) is 44.9 Å². The molecule has 196 valence electrons. The lowest BCUT2D eigenvalue weighted by Gasteiger charge is -2.35. The fourth-order valence-electron chi connectivity index (χ4n) is 7.49. The van der Waals surface area contributed by atoms with Crippen molar-refractivity contribution >= 4 is 10.8 Å². The molecule has 0 spiro atoms. The molecule has 42 heavy (non-hydrogen) atoms. The number of ether oxygens (including phenoxy) is 1. The van der Waals surface area contributed by atoms with Crippen LogP contribution in [-0.2, 0) is 5.41 Å². The molecule has 7 aromatic carbocycles. The first-order valence-electron chi connectivity index (χ1n) is 14.5. The van der Waals surface area contributed by atoms with Crippen LogP contribution in [0.2, 0.25) is 0 Å². The molecule has 0 N–H and O–H groups in total. The summed E-state index contributed by atoms with van der Waals surface area (Å²) >= 11 is 0. The second-order valence-electron chi connectivity index (χ2n) is 11.2. The van der Waals surface area contributed by atoms with Gasteiger partial charge in [0.25, 0.3) is 0 Å². The van der Waals surface area contributed by atoms with Crippen molar-refractivity contribution in [1.29, 1.82) is 0 Å². The molecule has 0 aromatic heterocycles. The highest BCUT2D eigenvalue weighted by Gasteiger charge is 2.47. The monoisotopic (exact) mass is 534 g/mol. The van der Waals surface area contributed by atoms with Crippen molar-refractivity contribution in [1.82, 2.24) is 0 Å². The zero-order chi connectivity index (χ0) is 27.7. The molecule has 1 heterocycles. The molecule has 0 bridgehead atoms. The van der Waals surface area contributed by atoms with Crippen LogP contribution in [0.15, 0.2) is 158 Å². The van der Waals surface area contributed by atoms with Gasteiger partial charge < -0.3 is 4.74 Å². The molecule has 0 saturated heterocycles. The van der Waals surface area contributed by atoms with Crippen LogP contribution in [0, 0.1) is 0 Å². The lowest BCUT2D eigenvalue weighted by molar-refractivity contribution is 0.487. The first-order chi connectivity index (χ1) is 20.8. The quantitative estimate of drug-likeness (QED) is 0.219. The summed E-state index contributed by atoms with van der Waals surface area (Å²) in [6.45, 7) is 0. The van der Waals surface area contributed by atoms with Crippen molar-refractivity contribution in [2.45, 2.75) is 5.41 Å². The van der Waals surface area contributed by atoms with Crippen LogP contribution in [0.4, 0.5) is 0 Å². The predicted molar refractivity (Wildman–Crippen MR) is 172 cm³/mol. The third-order valence-corrected chi connectivity index (χ3v) is 9.14. The largest absolute Gasteiger partial charge is 0.456 e. The van der Waals surface area contributed by atoms with Gasteiger partial charge in [0, 0.05) is 10.9 Å². The minimum Gasteiger partial charge on any atom is -0.456 e. The van der Waals surface area contributed by atoms with Gasteiger partial charge in [-0.1, -0.05) is 140 Å². The number of rotatable bonds is 3. The topological polar surface area (TPSA) is 9.23 Å². The SMILES string of the molecule is c1ccc(C2(c3ccccc3-c3cc4c5c(cccc5c3)-c3ccccc3O4)c3ccccc3-c3ccccc32)cc1. The summed E-state index contributed by atoms with van der Waals surface area (Å²) < 4.78 is 6.60. The van der Waals surface area contributed by atoms with Crippen LogP contribution in [0.1, 0.15) is 22.3 Å². The third-order valence-electron chi connectivity index (χ3n) is 9.14. The molecule has 1 nitrogen and oxygen atoms in total. The van der Waals surface area contributed by atoms with E-state index in [0.29, 0.717) is 0 Å². The van der Waals surface area contributed by atoms with Gasteiger partial charge >= 0.3 is 0 Å². The van der Waals surface area contributed by atoms with Crippen molar-refractivity contribution in [3.05, 3.63) is 180 Å². The van der Waals surface area contributed by atoms with E-state index in [1.165, 1.54) is 55.3 Å². The Labute approximate surface area is 245 Å². The molecule has 0 amide bonds. The lowest BCUT2D eigenvalue weighted by Crippen LogP contribution is -2.29. The van der Waals surface area contributed by atoms with Crippen LogP contribution < -0.4 is 4.74 Å². The van der Waals surface area contributed by atoms with Gasteiger partial charge in [0.05, 0.1) is 5.41 Å². The molecule has 1 aliphatic heterocycles. The van der Waals surface area contributed by atoms with E-state index >= 15 is 0 Å². The Morgan fingerprint density at radius 3 is 1.64 bits per heavy atom. The van der Waals surface area contributed by atoms with E-state index in [1.54, 1.807) is 0 Å². The van der Waals surface area contributed by atoms with E-state index in [9.17, 15) is 0 Å². The van der Waals surface area contributed by atoms with E-state index in [2.05, 4.69) is 152 Å². The highest BCUT2D eigenvalue weighted by atomic mass is 16.5. The molecule has 2 aliphatic rings. The lowest BCUT2D eigenvalue weighted by atomic mass is 9.66. The number of benzene rings is 7. The van der Waals surface area contributed by atoms with Crippen LogP contribution in [0.25, 0.3) is 44.2 Å². The molecular weight excluding hydrogens is 508 g/mol. The molecule has 7 aromatic rings. The summed E-state index contributed by atoms with van der Waals surface area (Å²) in [6.07, 6.45) is 0. The van der Waals surface area contributed by atoms with E-state index in [1.807, 2.05) is 6.07 Å². The summed E-state index contributed by atoms with van der Waals surface area (Å²) in [5.41, 5.74) is 12.0. The molecular formula is C41H26O. The number of hydrogen-bond acceptors (Lipinski definition) is 1. The minimum atomic E-state index is -0.466. The van der Waals surface area contributed by atoms with E-state index in [-0.39, 0.29) is 0 Å². The maximum Gasteiger partial charge on any atom is 0.136 e. The zero-order valence-electron chi connectivity index (χ0n) is 22.9. The molecule has 1 heteroatoms. The van der Waals surface area contributed by atoms with E-state index < -0.39 is 5.41 Å². The maximum atomic E-state index is 6.60. The Bertz CT molecular complexity index is 2130. The summed E-state index contributed by atoms with van der Waals surface area (Å²) in [5.74, 6) is 1.81. The first-order valence-corrected chi connectivity index (χ1v) is 14.5. The van der Waals surface area contributed by atoms with Crippen LogP contribution in [0.5, 0.6) is 11.5 Å². The molecule has 0 atom stereocenters. The first kappa shape index (κ1) is 23.3. The van der Waals surface area contributed by atoms with Crippen LogP contribution >= 0.6 is 0 Å². The number of hydrogen-bond donors (Lipinski definition) is 0. The fraction of sp³-hybridized carbons (Fsp3) is 0.0244. The number of para-hydroxylation sites is 1. The summed E-state index contributed by atoms with van der Waals surface area (Å²) in [6, 6.07) is 57.3. The molecule has 9 rings (SSSR count). The van der Waals surface area contributed by atoms with Gasteiger partial charge in [0.1, 0.15) is 11.5 Å². The van der Waals surface area contributed by atoms with Crippen molar-refractivity contribution in [2.24, 2.45) is 0 Å². The van der Waals surface area contributed by atoms with Gasteiger partial charge in [-0.2, -0.15) is 0 Å². The molecule has 0 radical (unpaired) electrons. The van der Waals surface area contributed by atoms with Crippen molar-refractivity contribution in [3.63, 3.8) is 0 Å². The van der Waals surface area contributed by atoms with Crippen molar-refractivity contribution in [2.75, 3.05) is 0 Å². The van der Waals surface area contributed by atoms with E-state index in [4.69, 9.17) is 4.74 Å². The Hall–Kier alpha value is -5.40. The van der Waals surface area contributed by atoms with Gasteiger partial charge in [-0.05, 0) is 73.7 Å². The zero-order valence-corrected chi connectivity index (χ0v) is 22.9. The average Bonchev–Trinajstić information content (AvgIpc) is 3.36. The molecule has 1 aliphatic carbocycles. The van der Waals surface area contributed by atoms with Gasteiger partial charge in [0.15, 0.2) is 0 Å². The smallest absolute Gasteiger partial charge is 0.136 e. The highest BCUT2D eigenvalue weighted by Crippen LogP contribution is 2.58. The van der Waals surface area contributed by atoms with Gasteiger partial charge in [-0.15, -0.1) is 0 Å². The maximum absolute atomic E-state index is 6.60. The molecule has 0 unspecified atom stereocenters. The Kier molecular flexibility index (Phi) is 4.88. The van der Waals surface area contributed by atoms with Gasteiger partial charge in [-0.3, -0.25) is 0 Å². The predicted octanol–water partition coefficient (Wildman–Crippen LogP) is 10.6. The molecule has 0 saturated carbocycles. The second-order valence-corrected chi connectivity index (χ2v) is 11.2. The number of fused-ring (bicyclic) bond motifs is 5. The normalized spacial score (nSPS) is 13.6. The highest BCUT2D eigenvalue weighted by molar-refractivity contribution is 6.06. The minimum absolute atomic E-state index is 0.466. The van der Waals surface area contributed by atoms with E-state index in [0.717, 1.165) is 22.6 Å². The summed E-state index contributed by atoms with van der Waals surface area (Å²) in [4.78, 5) is 0. The fourth-order valence-corrected chi connectivity index (χ4v) is 7.49. The van der Waals surface area contributed by atoms with Crippen molar-refractivity contribution < 1.29 is 4.74 Å². The van der Waals surface area contributed by atoms with Gasteiger partial charge in [-0.25, -0.2) is 0 Å². The third kappa shape index (κ3) is 3.08. The van der Waals surface area contributed by atoms with Gasteiger partial charge in [0.2, 0.25) is 0 Å². The Morgan fingerprint density at radius 2 is 0.929 bits per heavy atom. The van der Waals surface area contributed by atoms with Crippen LogP contribution in [-0.4, -0.2) is 0 Å². The second kappa shape index (κ2) is 8.80. The Balaban J connectivity index is 1.37. The molecule has 0 fully saturated rings. The summed E-state index contributed by atoms with van der Waals surface area (Å²) in [7, 11) is 0. The average molecular weight is 535 g/mol.